The number of aromatic nitrogens is 2. The van der Waals surface area contributed by atoms with Gasteiger partial charge in [-0.15, -0.1) is 0 Å². The Morgan fingerprint density at radius 2 is 2.06 bits per heavy atom. The lowest BCUT2D eigenvalue weighted by atomic mass is 9.93. The van der Waals surface area contributed by atoms with Crippen LogP contribution in [0.1, 0.15) is 45.8 Å². The fraction of sp³-hybridized carbons (Fsp3) is 0.846. The molecule has 0 atom stereocenters. The van der Waals surface area contributed by atoms with Crippen LogP contribution in [0.3, 0.4) is 0 Å². The Hall–Kier alpha value is -0.940. The van der Waals surface area contributed by atoms with E-state index >= 15 is 0 Å². The van der Waals surface area contributed by atoms with E-state index in [2.05, 4.69) is 42.7 Å². The minimum Gasteiger partial charge on any atom is -0.338 e. The van der Waals surface area contributed by atoms with Crippen molar-refractivity contribution in [3.63, 3.8) is 0 Å². The van der Waals surface area contributed by atoms with E-state index in [1.165, 1.54) is 0 Å². The van der Waals surface area contributed by atoms with Gasteiger partial charge in [0.15, 0.2) is 5.82 Å². The molecule has 0 amide bonds. The fourth-order valence-electron chi connectivity index (χ4n) is 1.82. The highest BCUT2D eigenvalue weighted by Crippen LogP contribution is 2.16. The molecule has 1 aromatic rings. The lowest BCUT2D eigenvalue weighted by molar-refractivity contribution is 0.165. The maximum absolute atomic E-state index is 5.77. The molecular weight excluding hydrogens is 228 g/mol. The number of hydrogen-bond donors (Lipinski definition) is 1. The van der Waals surface area contributed by atoms with Crippen molar-refractivity contribution in [1.82, 2.24) is 15.0 Å². The highest BCUT2D eigenvalue weighted by atomic mass is 16.5. The fourth-order valence-corrected chi connectivity index (χ4v) is 1.82. The standard InChI is InChI=1S/C13H26N4O/c1-5-7-11-15-12(18-16-11)8-17(6-2)10-13(3,4)9-14/h5-10,14H2,1-4H3. The SMILES string of the molecule is CCCc1noc(CN(CC)CC(C)(C)CN)n1. The van der Waals surface area contributed by atoms with E-state index in [0.717, 1.165) is 31.8 Å². The molecule has 1 rings (SSSR count). The van der Waals surface area contributed by atoms with Crippen LogP contribution in [0.2, 0.25) is 0 Å². The zero-order valence-electron chi connectivity index (χ0n) is 12.1. The zero-order chi connectivity index (χ0) is 13.6. The molecule has 2 N–H and O–H groups in total. The Balaban J connectivity index is 2.56. The van der Waals surface area contributed by atoms with Gasteiger partial charge in [-0.2, -0.15) is 4.98 Å². The van der Waals surface area contributed by atoms with Gasteiger partial charge in [0.1, 0.15) is 0 Å². The normalized spacial score (nSPS) is 12.3. The zero-order valence-corrected chi connectivity index (χ0v) is 12.1. The predicted octanol–water partition coefficient (Wildman–Crippen LogP) is 1.83. The van der Waals surface area contributed by atoms with Crippen LogP contribution >= 0.6 is 0 Å². The van der Waals surface area contributed by atoms with Crippen LogP contribution in [-0.2, 0) is 13.0 Å². The summed E-state index contributed by atoms with van der Waals surface area (Å²) in [7, 11) is 0. The molecule has 0 saturated heterocycles. The summed E-state index contributed by atoms with van der Waals surface area (Å²) >= 11 is 0. The lowest BCUT2D eigenvalue weighted by Gasteiger charge is -2.29. The first-order chi connectivity index (χ1) is 8.50. The molecule has 0 aliphatic heterocycles. The Morgan fingerprint density at radius 1 is 1.33 bits per heavy atom. The van der Waals surface area contributed by atoms with Gasteiger partial charge in [0.05, 0.1) is 6.54 Å². The topological polar surface area (TPSA) is 68.2 Å². The third-order valence-corrected chi connectivity index (χ3v) is 2.99. The minimum absolute atomic E-state index is 0.113. The maximum Gasteiger partial charge on any atom is 0.240 e. The Kier molecular flexibility index (Phi) is 5.75. The molecule has 0 fully saturated rings. The van der Waals surface area contributed by atoms with Crippen molar-refractivity contribution in [1.29, 1.82) is 0 Å². The van der Waals surface area contributed by atoms with E-state index in [9.17, 15) is 0 Å². The quantitative estimate of drug-likeness (QED) is 0.766. The highest BCUT2D eigenvalue weighted by Gasteiger charge is 2.20. The van der Waals surface area contributed by atoms with Crippen molar-refractivity contribution in [3.8, 4) is 0 Å². The van der Waals surface area contributed by atoms with Crippen LogP contribution in [0, 0.1) is 5.41 Å². The van der Waals surface area contributed by atoms with Crippen molar-refractivity contribution in [2.75, 3.05) is 19.6 Å². The average Bonchev–Trinajstić information content (AvgIpc) is 2.76. The summed E-state index contributed by atoms with van der Waals surface area (Å²) in [6, 6.07) is 0. The molecule has 0 aliphatic rings. The van der Waals surface area contributed by atoms with Crippen LogP contribution in [0.4, 0.5) is 0 Å². The molecule has 0 bridgehead atoms. The van der Waals surface area contributed by atoms with Gasteiger partial charge in [-0.25, -0.2) is 0 Å². The van der Waals surface area contributed by atoms with Crippen LogP contribution in [0.25, 0.3) is 0 Å². The van der Waals surface area contributed by atoms with Gasteiger partial charge in [0.25, 0.3) is 0 Å². The van der Waals surface area contributed by atoms with Gasteiger partial charge in [-0.05, 0) is 24.9 Å². The summed E-state index contributed by atoms with van der Waals surface area (Å²) in [5.41, 5.74) is 5.88. The van der Waals surface area contributed by atoms with Crippen molar-refractivity contribution in [3.05, 3.63) is 11.7 Å². The maximum atomic E-state index is 5.77. The van der Waals surface area contributed by atoms with Crippen molar-refractivity contribution in [2.45, 2.75) is 47.1 Å². The van der Waals surface area contributed by atoms with Gasteiger partial charge in [-0.1, -0.05) is 32.9 Å². The van der Waals surface area contributed by atoms with Crippen LogP contribution < -0.4 is 5.73 Å². The van der Waals surface area contributed by atoms with Crippen molar-refractivity contribution < 1.29 is 4.52 Å². The second kappa shape index (κ2) is 6.85. The molecule has 0 unspecified atom stereocenters. The smallest absolute Gasteiger partial charge is 0.240 e. The highest BCUT2D eigenvalue weighted by molar-refractivity contribution is 4.87. The Bertz CT molecular complexity index is 349. The molecule has 0 radical (unpaired) electrons. The summed E-state index contributed by atoms with van der Waals surface area (Å²) in [4.78, 5) is 6.68. The van der Waals surface area contributed by atoms with E-state index in [1.54, 1.807) is 0 Å². The summed E-state index contributed by atoms with van der Waals surface area (Å²) in [6.45, 7) is 11.9. The molecular formula is C13H26N4O. The molecule has 0 aliphatic carbocycles. The summed E-state index contributed by atoms with van der Waals surface area (Å²) < 4.78 is 5.26. The van der Waals surface area contributed by atoms with Crippen LogP contribution in [-0.4, -0.2) is 34.7 Å². The molecule has 104 valence electrons. The first-order valence-electron chi connectivity index (χ1n) is 6.74. The van der Waals surface area contributed by atoms with Crippen LogP contribution in [0.15, 0.2) is 4.52 Å². The molecule has 0 saturated carbocycles. The first-order valence-corrected chi connectivity index (χ1v) is 6.74. The van der Waals surface area contributed by atoms with Crippen LogP contribution in [0.5, 0.6) is 0 Å². The van der Waals surface area contributed by atoms with Gasteiger partial charge in [0, 0.05) is 13.0 Å². The third kappa shape index (κ3) is 4.74. The first kappa shape index (κ1) is 15.1. The van der Waals surface area contributed by atoms with E-state index in [-0.39, 0.29) is 5.41 Å². The molecule has 0 spiro atoms. The van der Waals surface area contributed by atoms with Gasteiger partial charge < -0.3 is 10.3 Å². The number of nitrogens with two attached hydrogens (primary N) is 1. The number of rotatable bonds is 8. The monoisotopic (exact) mass is 254 g/mol. The summed E-state index contributed by atoms with van der Waals surface area (Å²) in [5, 5.41) is 3.97. The number of hydrogen-bond acceptors (Lipinski definition) is 5. The Morgan fingerprint density at radius 3 is 2.61 bits per heavy atom. The van der Waals surface area contributed by atoms with Gasteiger partial charge in [0.2, 0.25) is 5.89 Å². The van der Waals surface area contributed by atoms with E-state index in [4.69, 9.17) is 10.3 Å². The largest absolute Gasteiger partial charge is 0.338 e. The van der Waals surface area contributed by atoms with Gasteiger partial charge >= 0.3 is 0 Å². The molecule has 1 heterocycles. The van der Waals surface area contributed by atoms with Crippen molar-refractivity contribution in [2.24, 2.45) is 11.1 Å². The molecule has 0 aromatic carbocycles. The second-order valence-electron chi connectivity index (χ2n) is 5.53. The number of nitrogens with zero attached hydrogens (tertiary/aromatic N) is 3. The molecule has 5 heteroatoms. The lowest BCUT2D eigenvalue weighted by Crippen LogP contribution is -2.38. The second-order valence-corrected chi connectivity index (χ2v) is 5.53. The summed E-state index contributed by atoms with van der Waals surface area (Å²) in [6.07, 6.45) is 1.92. The molecule has 1 aromatic heterocycles. The van der Waals surface area contributed by atoms with E-state index < -0.39 is 0 Å². The number of aryl methyl sites for hydroxylation is 1. The van der Waals surface area contributed by atoms with Gasteiger partial charge in [-0.3, -0.25) is 4.90 Å². The third-order valence-electron chi connectivity index (χ3n) is 2.99. The minimum atomic E-state index is 0.113. The average molecular weight is 254 g/mol. The van der Waals surface area contributed by atoms with Crippen molar-refractivity contribution >= 4 is 0 Å². The van der Waals surface area contributed by atoms with E-state index in [0.29, 0.717) is 19.0 Å². The molecule has 5 nitrogen and oxygen atoms in total. The summed E-state index contributed by atoms with van der Waals surface area (Å²) in [5.74, 6) is 1.51. The van der Waals surface area contributed by atoms with E-state index in [1.807, 2.05) is 0 Å². The Labute approximate surface area is 110 Å². The predicted molar refractivity (Wildman–Crippen MR) is 72.1 cm³/mol. The molecule has 18 heavy (non-hydrogen) atoms.